The van der Waals surface area contributed by atoms with Crippen LogP contribution in [-0.4, -0.2) is 31.4 Å². The van der Waals surface area contributed by atoms with E-state index in [-0.39, 0.29) is 11.7 Å². The van der Waals surface area contributed by atoms with Crippen LogP contribution < -0.4 is 5.32 Å². The Balaban J connectivity index is 1.50. The topological polar surface area (TPSA) is 72.7 Å². The second kappa shape index (κ2) is 9.11. The average molecular weight is 500 g/mol. The molecule has 1 aromatic carbocycles. The number of benzene rings is 1. The van der Waals surface area contributed by atoms with Crippen LogP contribution in [-0.2, 0) is 11.8 Å². The predicted octanol–water partition coefficient (Wildman–Crippen LogP) is 5.41. The summed E-state index contributed by atoms with van der Waals surface area (Å²) in [5.74, 6) is 1.38. The van der Waals surface area contributed by atoms with Gasteiger partial charge in [0.2, 0.25) is 5.91 Å². The van der Waals surface area contributed by atoms with E-state index < -0.39 is 0 Å². The molecule has 0 unspecified atom stereocenters. The summed E-state index contributed by atoms with van der Waals surface area (Å²) < 4.78 is 2.80. The first-order valence-electron chi connectivity index (χ1n) is 9.10. The standard InChI is InChI=1S/C21H18BrN5OS2/c1-13-19(14-6-4-3-5-7-14)16(11-29-13)20-25-26-21(27(20)2)30-12-18(28)24-17-9-8-15(22)10-23-17/h3-11H,12H2,1-2H3,(H,23,24,28). The maximum absolute atomic E-state index is 12.3. The van der Waals surface area contributed by atoms with Gasteiger partial charge in [0, 0.05) is 39.1 Å². The summed E-state index contributed by atoms with van der Waals surface area (Å²) >= 11 is 6.37. The number of halogens is 1. The maximum atomic E-state index is 12.3. The van der Waals surface area contributed by atoms with Gasteiger partial charge < -0.3 is 9.88 Å². The van der Waals surface area contributed by atoms with Crippen LogP contribution in [0.15, 0.2) is 63.7 Å². The number of aryl methyl sites for hydroxylation is 1. The van der Waals surface area contributed by atoms with Gasteiger partial charge >= 0.3 is 0 Å². The van der Waals surface area contributed by atoms with Gasteiger partial charge in [0.05, 0.1) is 5.75 Å². The molecule has 1 N–H and O–H groups in total. The zero-order valence-corrected chi connectivity index (χ0v) is 19.5. The molecule has 9 heteroatoms. The lowest BCUT2D eigenvalue weighted by atomic mass is 10.0. The zero-order chi connectivity index (χ0) is 21.1. The first kappa shape index (κ1) is 20.8. The first-order chi connectivity index (χ1) is 14.5. The van der Waals surface area contributed by atoms with Crippen molar-refractivity contribution in [3.8, 4) is 22.5 Å². The van der Waals surface area contributed by atoms with Gasteiger partial charge in [0.1, 0.15) is 5.82 Å². The summed E-state index contributed by atoms with van der Waals surface area (Å²) in [5, 5.41) is 14.3. The summed E-state index contributed by atoms with van der Waals surface area (Å²) in [6.07, 6.45) is 1.64. The van der Waals surface area contributed by atoms with Crippen molar-refractivity contribution in [3.05, 3.63) is 63.4 Å². The van der Waals surface area contributed by atoms with Crippen LogP contribution >= 0.6 is 39.0 Å². The minimum atomic E-state index is -0.143. The van der Waals surface area contributed by atoms with Gasteiger partial charge in [0.25, 0.3) is 0 Å². The molecule has 0 atom stereocenters. The van der Waals surface area contributed by atoms with Gasteiger partial charge in [-0.3, -0.25) is 4.79 Å². The van der Waals surface area contributed by atoms with Crippen molar-refractivity contribution in [2.45, 2.75) is 12.1 Å². The third-order valence-electron chi connectivity index (χ3n) is 4.44. The van der Waals surface area contributed by atoms with Crippen molar-refractivity contribution in [2.75, 3.05) is 11.1 Å². The quantitative estimate of drug-likeness (QED) is 0.359. The zero-order valence-electron chi connectivity index (χ0n) is 16.3. The van der Waals surface area contributed by atoms with E-state index in [4.69, 9.17) is 0 Å². The number of thioether (sulfide) groups is 1. The Morgan fingerprint density at radius 1 is 1.20 bits per heavy atom. The van der Waals surface area contributed by atoms with Gasteiger partial charge in [-0.2, -0.15) is 0 Å². The lowest BCUT2D eigenvalue weighted by Gasteiger charge is -2.07. The van der Waals surface area contributed by atoms with E-state index in [0.29, 0.717) is 11.0 Å². The molecule has 0 saturated heterocycles. The van der Waals surface area contributed by atoms with Crippen molar-refractivity contribution in [2.24, 2.45) is 7.05 Å². The van der Waals surface area contributed by atoms with E-state index in [1.54, 1.807) is 23.6 Å². The fraction of sp³-hybridized carbons (Fsp3) is 0.143. The summed E-state index contributed by atoms with van der Waals surface area (Å²) in [7, 11) is 1.92. The predicted molar refractivity (Wildman–Crippen MR) is 126 cm³/mol. The fourth-order valence-electron chi connectivity index (χ4n) is 3.02. The number of nitrogens with one attached hydrogen (secondary N) is 1. The molecule has 0 bridgehead atoms. The van der Waals surface area contributed by atoms with Crippen molar-refractivity contribution < 1.29 is 4.79 Å². The molecular formula is C21H18BrN5OS2. The first-order valence-corrected chi connectivity index (χ1v) is 11.8. The van der Waals surface area contributed by atoms with Gasteiger partial charge in [-0.05, 0) is 40.5 Å². The molecule has 0 saturated carbocycles. The van der Waals surface area contributed by atoms with Gasteiger partial charge in [-0.15, -0.1) is 21.5 Å². The number of amides is 1. The number of anilines is 1. The monoisotopic (exact) mass is 499 g/mol. The largest absolute Gasteiger partial charge is 0.310 e. The van der Waals surface area contributed by atoms with Crippen molar-refractivity contribution in [3.63, 3.8) is 0 Å². The van der Waals surface area contributed by atoms with Crippen LogP contribution in [0.4, 0.5) is 5.82 Å². The van der Waals surface area contributed by atoms with Crippen molar-refractivity contribution in [1.29, 1.82) is 0 Å². The van der Waals surface area contributed by atoms with Crippen LogP contribution in [0.5, 0.6) is 0 Å². The van der Waals surface area contributed by atoms with Gasteiger partial charge in [-0.1, -0.05) is 42.1 Å². The Morgan fingerprint density at radius 3 is 2.73 bits per heavy atom. The molecule has 6 nitrogen and oxygen atoms in total. The third kappa shape index (κ3) is 4.48. The molecule has 4 rings (SSSR count). The Labute approximate surface area is 190 Å². The summed E-state index contributed by atoms with van der Waals surface area (Å²) in [4.78, 5) is 17.6. The minimum absolute atomic E-state index is 0.143. The lowest BCUT2D eigenvalue weighted by Crippen LogP contribution is -2.15. The molecule has 0 aliphatic heterocycles. The summed E-state index contributed by atoms with van der Waals surface area (Å²) in [6.45, 7) is 2.11. The van der Waals surface area contributed by atoms with Crippen LogP contribution in [0.25, 0.3) is 22.5 Å². The molecule has 3 aromatic heterocycles. The number of rotatable bonds is 6. The molecule has 152 valence electrons. The number of pyridine rings is 1. The minimum Gasteiger partial charge on any atom is -0.310 e. The van der Waals surface area contributed by atoms with Crippen LogP contribution in [0.2, 0.25) is 0 Å². The maximum Gasteiger partial charge on any atom is 0.236 e. The molecule has 0 fully saturated rings. The summed E-state index contributed by atoms with van der Waals surface area (Å²) in [6, 6.07) is 13.9. The van der Waals surface area contributed by atoms with Crippen LogP contribution in [0.3, 0.4) is 0 Å². The Hall–Kier alpha value is -2.49. The molecule has 0 radical (unpaired) electrons. The highest BCUT2D eigenvalue weighted by molar-refractivity contribution is 9.10. The van der Waals surface area contributed by atoms with Gasteiger partial charge in [-0.25, -0.2) is 4.98 Å². The Bertz CT molecular complexity index is 1170. The van der Waals surface area contributed by atoms with Crippen molar-refractivity contribution in [1.82, 2.24) is 19.7 Å². The number of nitrogens with zero attached hydrogens (tertiary/aromatic N) is 4. The molecule has 0 aliphatic carbocycles. The molecule has 3 heterocycles. The number of carbonyl (C=O) groups is 1. The summed E-state index contributed by atoms with van der Waals surface area (Å²) in [5.41, 5.74) is 3.38. The number of hydrogen-bond acceptors (Lipinski definition) is 6. The van der Waals surface area contributed by atoms with Crippen LogP contribution in [0.1, 0.15) is 4.88 Å². The molecular weight excluding hydrogens is 482 g/mol. The van der Waals surface area contributed by atoms with E-state index in [1.807, 2.05) is 35.9 Å². The van der Waals surface area contributed by atoms with E-state index in [0.717, 1.165) is 21.4 Å². The normalized spacial score (nSPS) is 10.9. The SMILES string of the molecule is Cc1scc(-c2nnc(SCC(=O)Nc3ccc(Br)cn3)n2C)c1-c1ccccc1. The second-order valence-electron chi connectivity index (χ2n) is 6.51. The lowest BCUT2D eigenvalue weighted by molar-refractivity contribution is -0.113. The number of carbonyl (C=O) groups excluding carboxylic acids is 1. The Kier molecular flexibility index (Phi) is 6.31. The molecule has 30 heavy (non-hydrogen) atoms. The van der Waals surface area contributed by atoms with E-state index in [9.17, 15) is 4.79 Å². The third-order valence-corrected chi connectivity index (χ3v) is 6.84. The fourth-order valence-corrected chi connectivity index (χ4v) is 4.83. The number of hydrogen-bond donors (Lipinski definition) is 1. The van der Waals surface area contributed by atoms with Crippen molar-refractivity contribution >= 4 is 50.8 Å². The molecule has 1 amide bonds. The van der Waals surface area contributed by atoms with Crippen LogP contribution in [0, 0.1) is 6.92 Å². The number of thiophene rings is 1. The molecule has 4 aromatic rings. The highest BCUT2D eigenvalue weighted by Gasteiger charge is 2.19. The average Bonchev–Trinajstić information content (AvgIpc) is 3.31. The smallest absolute Gasteiger partial charge is 0.236 e. The highest BCUT2D eigenvalue weighted by Crippen LogP contribution is 2.38. The number of aromatic nitrogens is 4. The second-order valence-corrected chi connectivity index (χ2v) is 9.45. The van der Waals surface area contributed by atoms with E-state index in [1.165, 1.54) is 22.2 Å². The Morgan fingerprint density at radius 2 is 2.00 bits per heavy atom. The van der Waals surface area contributed by atoms with Gasteiger partial charge in [0.15, 0.2) is 11.0 Å². The van der Waals surface area contributed by atoms with E-state index in [2.05, 4.69) is 60.9 Å². The highest BCUT2D eigenvalue weighted by atomic mass is 79.9. The molecule has 0 aliphatic rings. The van der Waals surface area contributed by atoms with E-state index >= 15 is 0 Å². The molecule has 0 spiro atoms.